The molecule has 0 N–H and O–H groups in total. The fraction of sp³-hybridized carbons (Fsp3) is 0.533. The highest BCUT2D eigenvalue weighted by molar-refractivity contribution is 9.10. The monoisotopic (exact) mass is 341 g/mol. The van der Waals surface area contributed by atoms with Crippen LogP contribution in [0.4, 0.5) is 0 Å². The number of ketones is 1. The molecule has 1 aliphatic heterocycles. The van der Waals surface area contributed by atoms with Crippen molar-refractivity contribution in [1.82, 2.24) is 4.90 Å². The highest BCUT2D eigenvalue weighted by Crippen LogP contribution is 2.22. The van der Waals surface area contributed by atoms with Gasteiger partial charge in [0, 0.05) is 47.1 Å². The van der Waals surface area contributed by atoms with Gasteiger partial charge in [0.05, 0.1) is 0 Å². The van der Waals surface area contributed by atoms with Gasteiger partial charge in [-0.05, 0) is 12.5 Å². The molecule has 19 heavy (non-hydrogen) atoms. The van der Waals surface area contributed by atoms with Crippen LogP contribution in [-0.2, 0) is 0 Å². The van der Waals surface area contributed by atoms with Gasteiger partial charge in [-0.15, -0.1) is 0 Å². The number of halogens is 1. The zero-order valence-corrected chi connectivity index (χ0v) is 13.7. The van der Waals surface area contributed by atoms with Crippen molar-refractivity contribution in [3.63, 3.8) is 0 Å². The number of benzene rings is 1. The molecule has 104 valence electrons. The number of nitrogens with zero attached hydrogens (tertiary/aromatic N) is 1. The van der Waals surface area contributed by atoms with Crippen molar-refractivity contribution in [3.8, 4) is 0 Å². The van der Waals surface area contributed by atoms with E-state index in [4.69, 9.17) is 0 Å². The Bertz CT molecular complexity index is 438. The molecule has 1 saturated heterocycles. The number of hydrogen-bond acceptors (Lipinski definition) is 3. The van der Waals surface area contributed by atoms with Crippen molar-refractivity contribution in [2.24, 2.45) is 0 Å². The van der Waals surface area contributed by atoms with E-state index in [0.717, 1.165) is 34.9 Å². The topological polar surface area (TPSA) is 20.3 Å². The van der Waals surface area contributed by atoms with E-state index in [-0.39, 0.29) is 5.78 Å². The van der Waals surface area contributed by atoms with E-state index in [2.05, 4.69) is 39.5 Å². The van der Waals surface area contributed by atoms with Crippen LogP contribution in [0.3, 0.4) is 0 Å². The maximum atomic E-state index is 12.2. The van der Waals surface area contributed by atoms with E-state index in [9.17, 15) is 4.79 Å². The molecule has 1 atom stereocenters. The van der Waals surface area contributed by atoms with Gasteiger partial charge in [0.15, 0.2) is 5.78 Å². The molecule has 1 heterocycles. The Morgan fingerprint density at radius 1 is 1.47 bits per heavy atom. The van der Waals surface area contributed by atoms with Crippen molar-refractivity contribution >= 4 is 33.5 Å². The van der Waals surface area contributed by atoms with E-state index in [1.807, 2.05) is 24.3 Å². The second kappa shape index (κ2) is 7.46. The molecule has 0 aromatic heterocycles. The summed E-state index contributed by atoms with van der Waals surface area (Å²) >= 11 is 5.51. The van der Waals surface area contributed by atoms with Crippen LogP contribution in [0.2, 0.25) is 0 Å². The first kappa shape index (κ1) is 15.1. The average Bonchev–Trinajstić information content (AvgIpc) is 2.45. The maximum absolute atomic E-state index is 12.2. The van der Waals surface area contributed by atoms with Crippen molar-refractivity contribution < 1.29 is 4.79 Å². The predicted octanol–water partition coefficient (Wildman–Crippen LogP) is 3.85. The standard InChI is InChI=1S/C15H20BrNOS/c1-2-12-11-17(9-10-19-12)8-7-15(18)13-5-3-4-6-14(13)16/h3-6,12H,2,7-11H2,1H3. The van der Waals surface area contributed by atoms with Gasteiger partial charge in [0.25, 0.3) is 0 Å². The molecule has 1 aliphatic rings. The Kier molecular flexibility index (Phi) is 5.92. The summed E-state index contributed by atoms with van der Waals surface area (Å²) in [6, 6.07) is 7.68. The molecule has 0 aliphatic carbocycles. The lowest BCUT2D eigenvalue weighted by Gasteiger charge is -2.31. The molecule has 0 bridgehead atoms. The fourth-order valence-electron chi connectivity index (χ4n) is 2.31. The first-order chi connectivity index (χ1) is 9.20. The normalized spacial score (nSPS) is 20.4. The predicted molar refractivity (Wildman–Crippen MR) is 86.1 cm³/mol. The van der Waals surface area contributed by atoms with E-state index < -0.39 is 0 Å². The van der Waals surface area contributed by atoms with E-state index in [0.29, 0.717) is 6.42 Å². The second-order valence-corrected chi connectivity index (χ2v) is 7.12. The molecule has 4 heteroatoms. The smallest absolute Gasteiger partial charge is 0.165 e. The van der Waals surface area contributed by atoms with E-state index in [1.165, 1.54) is 12.2 Å². The van der Waals surface area contributed by atoms with Crippen molar-refractivity contribution in [1.29, 1.82) is 0 Å². The molecule has 2 rings (SSSR count). The molecule has 0 spiro atoms. The summed E-state index contributed by atoms with van der Waals surface area (Å²) < 4.78 is 0.903. The summed E-state index contributed by atoms with van der Waals surface area (Å²) in [4.78, 5) is 14.6. The van der Waals surface area contributed by atoms with Crippen LogP contribution in [0.1, 0.15) is 30.1 Å². The van der Waals surface area contributed by atoms with E-state index >= 15 is 0 Å². The van der Waals surface area contributed by atoms with Gasteiger partial charge in [0.2, 0.25) is 0 Å². The third kappa shape index (κ3) is 4.33. The van der Waals surface area contributed by atoms with Crippen molar-refractivity contribution in [2.75, 3.05) is 25.4 Å². The largest absolute Gasteiger partial charge is 0.301 e. The molecular weight excluding hydrogens is 322 g/mol. The van der Waals surface area contributed by atoms with Gasteiger partial charge in [-0.2, -0.15) is 11.8 Å². The second-order valence-electron chi connectivity index (χ2n) is 4.85. The third-order valence-electron chi connectivity index (χ3n) is 3.51. The Hall–Kier alpha value is -0.320. The SMILES string of the molecule is CCC1CN(CCC(=O)c2ccccc2Br)CCS1. The summed E-state index contributed by atoms with van der Waals surface area (Å²) in [5.74, 6) is 1.43. The highest BCUT2D eigenvalue weighted by Gasteiger charge is 2.19. The Labute approximate surface area is 128 Å². The first-order valence-corrected chi connectivity index (χ1v) is 8.66. The number of Topliss-reactive ketones (excluding diaryl/α,β-unsaturated/α-hetero) is 1. The first-order valence-electron chi connectivity index (χ1n) is 6.82. The highest BCUT2D eigenvalue weighted by atomic mass is 79.9. The summed E-state index contributed by atoms with van der Waals surface area (Å²) in [5, 5.41) is 0.743. The number of hydrogen-bond donors (Lipinski definition) is 0. The third-order valence-corrected chi connectivity index (χ3v) is 5.57. The van der Waals surface area contributed by atoms with Crippen molar-refractivity contribution in [2.45, 2.75) is 25.0 Å². The lowest BCUT2D eigenvalue weighted by atomic mass is 10.1. The number of carbonyl (C=O) groups is 1. The molecule has 0 radical (unpaired) electrons. The van der Waals surface area contributed by atoms with Crippen LogP contribution in [0, 0.1) is 0 Å². The Balaban J connectivity index is 1.85. The zero-order chi connectivity index (χ0) is 13.7. The van der Waals surface area contributed by atoms with Crippen LogP contribution in [-0.4, -0.2) is 41.3 Å². The minimum absolute atomic E-state index is 0.235. The lowest BCUT2D eigenvalue weighted by Crippen LogP contribution is -2.38. The summed E-state index contributed by atoms with van der Waals surface area (Å²) in [6.07, 6.45) is 1.84. The van der Waals surface area contributed by atoms with Gasteiger partial charge in [0.1, 0.15) is 0 Å². The summed E-state index contributed by atoms with van der Waals surface area (Å²) in [6.45, 7) is 5.37. The van der Waals surface area contributed by atoms with Gasteiger partial charge in [-0.1, -0.05) is 41.1 Å². The number of rotatable bonds is 5. The molecule has 1 aromatic carbocycles. The van der Waals surface area contributed by atoms with Crippen LogP contribution in [0.5, 0.6) is 0 Å². The molecule has 1 fully saturated rings. The summed E-state index contributed by atoms with van der Waals surface area (Å²) in [5.41, 5.74) is 0.806. The molecular formula is C15H20BrNOS. The van der Waals surface area contributed by atoms with Crippen LogP contribution in [0.25, 0.3) is 0 Å². The minimum Gasteiger partial charge on any atom is -0.301 e. The van der Waals surface area contributed by atoms with Gasteiger partial charge < -0.3 is 4.90 Å². The van der Waals surface area contributed by atoms with Crippen LogP contribution in [0.15, 0.2) is 28.7 Å². The van der Waals surface area contributed by atoms with Crippen molar-refractivity contribution in [3.05, 3.63) is 34.3 Å². The van der Waals surface area contributed by atoms with Crippen LogP contribution < -0.4 is 0 Å². The molecule has 0 saturated carbocycles. The van der Waals surface area contributed by atoms with Gasteiger partial charge in [-0.3, -0.25) is 4.79 Å². The lowest BCUT2D eigenvalue weighted by molar-refractivity contribution is 0.0964. The van der Waals surface area contributed by atoms with Crippen LogP contribution >= 0.6 is 27.7 Å². The molecule has 1 aromatic rings. The quantitative estimate of drug-likeness (QED) is 0.758. The Morgan fingerprint density at radius 2 is 2.26 bits per heavy atom. The summed E-state index contributed by atoms with van der Waals surface area (Å²) in [7, 11) is 0. The number of thioether (sulfide) groups is 1. The van der Waals surface area contributed by atoms with E-state index in [1.54, 1.807) is 0 Å². The molecule has 1 unspecified atom stereocenters. The number of carbonyl (C=O) groups excluding carboxylic acids is 1. The molecule has 0 amide bonds. The maximum Gasteiger partial charge on any atom is 0.165 e. The minimum atomic E-state index is 0.235. The Morgan fingerprint density at radius 3 is 3.00 bits per heavy atom. The van der Waals surface area contributed by atoms with Gasteiger partial charge >= 0.3 is 0 Å². The van der Waals surface area contributed by atoms with Gasteiger partial charge in [-0.25, -0.2) is 0 Å². The molecule has 2 nitrogen and oxygen atoms in total. The average molecular weight is 342 g/mol. The fourth-order valence-corrected chi connectivity index (χ4v) is 4.07. The zero-order valence-electron chi connectivity index (χ0n) is 11.3.